The van der Waals surface area contributed by atoms with Crippen LogP contribution in [0.3, 0.4) is 0 Å². The number of Topliss-reactive ketones (excluding diaryl/α,β-unsaturated/α-hetero) is 1. The normalized spacial score (nSPS) is 10.7. The van der Waals surface area contributed by atoms with Gasteiger partial charge in [0, 0.05) is 22.3 Å². The van der Waals surface area contributed by atoms with Crippen LogP contribution in [0.4, 0.5) is 0 Å². The maximum atomic E-state index is 12.4. The summed E-state index contributed by atoms with van der Waals surface area (Å²) in [7, 11) is 1.18. The highest BCUT2D eigenvalue weighted by Gasteiger charge is 2.26. The van der Waals surface area contributed by atoms with E-state index in [1.807, 2.05) is 16.7 Å². The van der Waals surface area contributed by atoms with Crippen LogP contribution >= 0.6 is 11.6 Å². The fraction of sp³-hybridized carbons (Fsp3) is 0.118. The number of halogens is 1. The summed E-state index contributed by atoms with van der Waals surface area (Å²) in [5.74, 6) is -1.60. The molecule has 0 saturated carbocycles. The highest BCUT2D eigenvalue weighted by atomic mass is 35.5. The Kier molecular flexibility index (Phi) is 3.88. The molecule has 0 radical (unpaired) electrons. The zero-order valence-corrected chi connectivity index (χ0v) is 13.3. The van der Waals surface area contributed by atoms with Crippen LogP contribution in [0.5, 0.6) is 0 Å². The Labute approximate surface area is 137 Å². The van der Waals surface area contributed by atoms with Crippen LogP contribution in [0.2, 0.25) is 5.02 Å². The van der Waals surface area contributed by atoms with E-state index in [9.17, 15) is 9.59 Å². The summed E-state index contributed by atoms with van der Waals surface area (Å²) in [5, 5.41) is 1.09. The predicted octanol–water partition coefficient (Wildman–Crippen LogP) is 3.34. The van der Waals surface area contributed by atoms with Crippen molar-refractivity contribution in [3.63, 3.8) is 0 Å². The van der Waals surface area contributed by atoms with Crippen LogP contribution in [0.25, 0.3) is 16.6 Å². The van der Waals surface area contributed by atoms with Gasteiger partial charge in [-0.1, -0.05) is 11.6 Å². The van der Waals surface area contributed by atoms with E-state index < -0.39 is 11.8 Å². The number of nitrogens with zero attached hydrogens (tertiary/aromatic N) is 2. The summed E-state index contributed by atoms with van der Waals surface area (Å²) in [6, 6.07) is 8.90. The zero-order valence-electron chi connectivity index (χ0n) is 12.5. The minimum Gasteiger partial charge on any atom is -0.463 e. The number of ether oxygens (including phenoxy) is 1. The molecule has 1 aromatic carbocycles. The first-order chi connectivity index (χ1) is 11.0. The van der Waals surface area contributed by atoms with Crippen LogP contribution in [0, 0.1) is 6.92 Å². The number of carbonyl (C=O) groups is 2. The van der Waals surface area contributed by atoms with Crippen molar-refractivity contribution in [2.75, 3.05) is 7.11 Å². The number of methoxy groups -OCH3 is 1. The van der Waals surface area contributed by atoms with E-state index in [0.717, 1.165) is 11.2 Å². The molecule has 0 amide bonds. The molecule has 0 bridgehead atoms. The molecule has 116 valence electrons. The lowest BCUT2D eigenvalue weighted by molar-refractivity contribution is -0.135. The molecule has 0 saturated heterocycles. The number of aromatic nitrogens is 2. The summed E-state index contributed by atoms with van der Waals surface area (Å²) in [4.78, 5) is 28.2. The molecule has 0 N–H and O–H groups in total. The summed E-state index contributed by atoms with van der Waals surface area (Å²) in [6.45, 7) is 1.77. The van der Waals surface area contributed by atoms with Crippen LogP contribution in [0.1, 0.15) is 16.1 Å². The monoisotopic (exact) mass is 328 g/mol. The van der Waals surface area contributed by atoms with Crippen molar-refractivity contribution in [1.29, 1.82) is 0 Å². The molecule has 2 aromatic heterocycles. The fourth-order valence-corrected chi connectivity index (χ4v) is 2.86. The summed E-state index contributed by atoms with van der Waals surface area (Å²) in [5.41, 5.74) is 2.48. The van der Waals surface area contributed by atoms with Gasteiger partial charge in [-0.2, -0.15) is 0 Å². The van der Waals surface area contributed by atoms with Crippen LogP contribution in [0.15, 0.2) is 42.7 Å². The van der Waals surface area contributed by atoms with Gasteiger partial charge in [0.25, 0.3) is 5.78 Å². The Hall–Kier alpha value is -2.66. The van der Waals surface area contributed by atoms with Gasteiger partial charge in [0.1, 0.15) is 0 Å². The van der Waals surface area contributed by atoms with Crippen molar-refractivity contribution in [1.82, 2.24) is 9.55 Å². The lowest BCUT2D eigenvalue weighted by Gasteiger charge is -2.07. The number of benzene rings is 1. The highest BCUT2D eigenvalue weighted by Crippen LogP contribution is 2.31. The molecule has 0 atom stereocenters. The molecule has 0 unspecified atom stereocenters. The van der Waals surface area contributed by atoms with E-state index in [4.69, 9.17) is 11.6 Å². The van der Waals surface area contributed by atoms with Crippen molar-refractivity contribution < 1.29 is 14.3 Å². The average Bonchev–Trinajstić information content (AvgIpc) is 2.85. The molecule has 3 rings (SSSR count). The summed E-state index contributed by atoms with van der Waals surface area (Å²) >= 11 is 6.07. The van der Waals surface area contributed by atoms with E-state index >= 15 is 0 Å². The van der Waals surface area contributed by atoms with Crippen molar-refractivity contribution in [3.8, 4) is 5.69 Å². The molecule has 0 aliphatic carbocycles. The van der Waals surface area contributed by atoms with Gasteiger partial charge in [-0.3, -0.25) is 9.78 Å². The van der Waals surface area contributed by atoms with Crippen LogP contribution in [-0.2, 0) is 9.53 Å². The van der Waals surface area contributed by atoms with Gasteiger partial charge in [-0.25, -0.2) is 4.79 Å². The number of hydrogen-bond donors (Lipinski definition) is 0. The SMILES string of the molecule is COC(=O)C(=O)c1c(C)n(-c2cccnc2)c2ccc(Cl)cc12. The Morgan fingerprint density at radius 3 is 2.70 bits per heavy atom. The third-order valence-electron chi connectivity index (χ3n) is 3.67. The minimum atomic E-state index is -0.904. The van der Waals surface area contributed by atoms with Crippen LogP contribution in [-0.4, -0.2) is 28.4 Å². The maximum absolute atomic E-state index is 12.4. The number of pyridine rings is 1. The Morgan fingerprint density at radius 1 is 1.26 bits per heavy atom. The molecular formula is C17H13ClN2O3. The van der Waals surface area contributed by atoms with E-state index in [1.165, 1.54) is 7.11 Å². The van der Waals surface area contributed by atoms with Gasteiger partial charge in [-0.15, -0.1) is 0 Å². The van der Waals surface area contributed by atoms with Gasteiger partial charge in [-0.05, 0) is 37.3 Å². The zero-order chi connectivity index (χ0) is 16.6. The number of rotatable bonds is 3. The number of hydrogen-bond acceptors (Lipinski definition) is 4. The first-order valence-electron chi connectivity index (χ1n) is 6.88. The molecule has 0 spiro atoms. The Morgan fingerprint density at radius 2 is 2.04 bits per heavy atom. The van der Waals surface area contributed by atoms with Crippen molar-refractivity contribution >= 4 is 34.3 Å². The first kappa shape index (κ1) is 15.2. The number of carbonyl (C=O) groups excluding carboxylic acids is 2. The molecule has 0 fully saturated rings. The van der Waals surface area contributed by atoms with Crippen LogP contribution < -0.4 is 0 Å². The second-order valence-electron chi connectivity index (χ2n) is 4.99. The van der Waals surface area contributed by atoms with Gasteiger partial charge in [0.05, 0.1) is 30.1 Å². The molecule has 2 heterocycles. The van der Waals surface area contributed by atoms with Gasteiger partial charge in [0.15, 0.2) is 0 Å². The summed E-state index contributed by atoms with van der Waals surface area (Å²) in [6.07, 6.45) is 3.36. The minimum absolute atomic E-state index is 0.290. The molecule has 23 heavy (non-hydrogen) atoms. The second-order valence-corrected chi connectivity index (χ2v) is 5.43. The van der Waals surface area contributed by atoms with E-state index in [0.29, 0.717) is 21.7 Å². The average molecular weight is 329 g/mol. The third-order valence-corrected chi connectivity index (χ3v) is 3.90. The van der Waals surface area contributed by atoms with E-state index in [1.54, 1.807) is 37.5 Å². The van der Waals surface area contributed by atoms with Gasteiger partial charge in [0.2, 0.25) is 0 Å². The lowest BCUT2D eigenvalue weighted by Crippen LogP contribution is -2.16. The first-order valence-corrected chi connectivity index (χ1v) is 7.26. The topological polar surface area (TPSA) is 61.2 Å². The van der Waals surface area contributed by atoms with E-state index in [2.05, 4.69) is 9.72 Å². The lowest BCUT2D eigenvalue weighted by atomic mass is 10.1. The number of fused-ring (bicyclic) bond motifs is 1. The van der Waals surface area contributed by atoms with Crippen molar-refractivity contribution in [2.24, 2.45) is 0 Å². The Bertz CT molecular complexity index is 916. The number of esters is 1. The maximum Gasteiger partial charge on any atom is 0.379 e. The smallest absolute Gasteiger partial charge is 0.379 e. The molecule has 5 nitrogen and oxygen atoms in total. The quantitative estimate of drug-likeness (QED) is 0.420. The van der Waals surface area contributed by atoms with Gasteiger partial charge < -0.3 is 9.30 Å². The predicted molar refractivity (Wildman–Crippen MR) is 87.2 cm³/mol. The van der Waals surface area contributed by atoms with Crippen molar-refractivity contribution in [2.45, 2.75) is 6.92 Å². The summed E-state index contributed by atoms with van der Waals surface area (Å²) < 4.78 is 6.44. The highest BCUT2D eigenvalue weighted by molar-refractivity contribution is 6.43. The van der Waals surface area contributed by atoms with E-state index in [-0.39, 0.29) is 0 Å². The molecule has 0 aliphatic heterocycles. The molecule has 0 aliphatic rings. The second kappa shape index (κ2) is 5.85. The molecular weight excluding hydrogens is 316 g/mol. The molecule has 6 heteroatoms. The largest absolute Gasteiger partial charge is 0.463 e. The third kappa shape index (κ3) is 2.49. The standard InChI is InChI=1S/C17H13ClN2O3/c1-10-15(16(21)17(22)23-2)13-8-11(18)5-6-14(13)20(10)12-4-3-7-19-9-12/h3-9H,1-2H3. The number of ketones is 1. The van der Waals surface area contributed by atoms with Gasteiger partial charge >= 0.3 is 5.97 Å². The Balaban J connectivity index is 2.37. The van der Waals surface area contributed by atoms with Crippen molar-refractivity contribution in [3.05, 3.63) is 59.0 Å². The molecule has 3 aromatic rings. The fourth-order valence-electron chi connectivity index (χ4n) is 2.69.